The summed E-state index contributed by atoms with van der Waals surface area (Å²) in [7, 11) is -3.73. The molecule has 2 unspecified atom stereocenters. The number of carboxylic acids is 1. The molecule has 1 aromatic rings. The Morgan fingerprint density at radius 3 is 2.20 bits per heavy atom. The van der Waals surface area contributed by atoms with Gasteiger partial charge < -0.3 is 15.2 Å². The zero-order valence-corrected chi connectivity index (χ0v) is 11.2. The quantitative estimate of drug-likeness (QED) is 0.489. The third kappa shape index (κ3) is 4.02. The first-order valence-corrected chi connectivity index (χ1v) is 6.85. The van der Waals surface area contributed by atoms with Crippen LogP contribution in [0, 0.1) is 0 Å². The minimum absolute atomic E-state index is 0.00717. The van der Waals surface area contributed by atoms with Gasteiger partial charge in [0.25, 0.3) is 10.1 Å². The summed E-state index contributed by atoms with van der Waals surface area (Å²) in [5.74, 6) is -2.70. The third-order valence-electron chi connectivity index (χ3n) is 2.37. The number of amides is 1. The molecular weight excluding hydrogens is 290 g/mol. The normalized spacial score (nSPS) is 14.3. The van der Waals surface area contributed by atoms with Crippen LogP contribution in [-0.2, 0) is 24.4 Å². The van der Waals surface area contributed by atoms with Crippen molar-refractivity contribution in [3.63, 3.8) is 0 Å². The minimum atomic E-state index is -4.76. The van der Waals surface area contributed by atoms with Crippen LogP contribution < -0.4 is 5.32 Å². The molecule has 0 aliphatic heterocycles. The second-order valence-corrected chi connectivity index (χ2v) is 5.27. The molecule has 0 aromatic heterocycles. The van der Waals surface area contributed by atoms with E-state index in [4.69, 9.17) is 9.66 Å². The first-order valence-electron chi connectivity index (χ1n) is 5.34. The number of rotatable bonds is 6. The Morgan fingerprint density at radius 2 is 1.80 bits per heavy atom. The first kappa shape index (κ1) is 16.1. The van der Waals surface area contributed by atoms with Gasteiger partial charge in [-0.2, -0.15) is 8.42 Å². The van der Waals surface area contributed by atoms with Crippen LogP contribution in [0.2, 0.25) is 0 Å². The number of hydrogen-bond acceptors (Lipinski definition) is 5. The monoisotopic (exact) mass is 303 g/mol. The number of hydrogen-bond donors (Lipinski definition) is 3. The van der Waals surface area contributed by atoms with E-state index >= 15 is 0 Å². The molecule has 3 N–H and O–H groups in total. The summed E-state index contributed by atoms with van der Waals surface area (Å²) in [5.41, 5.74) is 0.00717. The average Bonchev–Trinajstić information content (AvgIpc) is 2.35. The Labute approximate surface area is 115 Å². The molecule has 0 aliphatic carbocycles. The summed E-state index contributed by atoms with van der Waals surface area (Å²) in [4.78, 5) is 22.6. The van der Waals surface area contributed by atoms with E-state index in [1.165, 1.54) is 24.3 Å². The molecule has 1 amide bonds. The van der Waals surface area contributed by atoms with Crippen LogP contribution in [0.5, 0.6) is 0 Å². The molecule has 1 aromatic carbocycles. The van der Waals surface area contributed by atoms with Gasteiger partial charge in [-0.3, -0.25) is 9.35 Å². The van der Waals surface area contributed by atoms with Gasteiger partial charge >= 0.3 is 5.97 Å². The lowest BCUT2D eigenvalue weighted by Crippen LogP contribution is -2.45. The molecule has 1 rings (SSSR count). The van der Waals surface area contributed by atoms with Crippen molar-refractivity contribution < 1.29 is 32.4 Å². The minimum Gasteiger partial charge on any atom is -0.478 e. The van der Waals surface area contributed by atoms with E-state index in [2.05, 4.69) is 4.74 Å². The van der Waals surface area contributed by atoms with Crippen LogP contribution in [0.1, 0.15) is 10.8 Å². The van der Waals surface area contributed by atoms with Crippen LogP contribution >= 0.6 is 0 Å². The van der Waals surface area contributed by atoms with Gasteiger partial charge in [-0.25, -0.2) is 4.79 Å². The van der Waals surface area contributed by atoms with Crippen LogP contribution in [0.4, 0.5) is 0 Å². The topological polar surface area (TPSA) is 130 Å². The van der Waals surface area contributed by atoms with E-state index < -0.39 is 33.5 Å². The van der Waals surface area contributed by atoms with Gasteiger partial charge in [0.1, 0.15) is 0 Å². The number of ether oxygens (including phenoxy) is 1. The molecule has 0 fully saturated rings. The summed E-state index contributed by atoms with van der Waals surface area (Å²) in [6, 6.07) is 7.19. The maximum absolute atomic E-state index is 11.9. The highest BCUT2D eigenvalue weighted by molar-refractivity contribution is 7.86. The van der Waals surface area contributed by atoms with E-state index in [1.54, 1.807) is 6.07 Å². The lowest BCUT2D eigenvalue weighted by molar-refractivity contribution is -0.153. The van der Waals surface area contributed by atoms with E-state index in [1.807, 2.05) is 5.32 Å². The molecule has 0 bridgehead atoms. The SMILES string of the molecule is COC(NC(=O)C(c1ccccc1)S(=O)(=O)O)C(=O)O. The maximum atomic E-state index is 11.9. The highest BCUT2D eigenvalue weighted by Crippen LogP contribution is 2.21. The number of carboxylic acid groups (broad SMARTS) is 1. The van der Waals surface area contributed by atoms with Crippen molar-refractivity contribution in [3.8, 4) is 0 Å². The van der Waals surface area contributed by atoms with Crippen molar-refractivity contribution in [1.29, 1.82) is 0 Å². The number of nitrogens with one attached hydrogen (secondary N) is 1. The number of methoxy groups -OCH3 is 1. The first-order chi connectivity index (χ1) is 9.27. The van der Waals surface area contributed by atoms with Crippen LogP contribution in [-0.4, -0.2) is 43.3 Å². The smallest absolute Gasteiger partial charge is 0.354 e. The number of benzene rings is 1. The molecule has 2 atom stereocenters. The van der Waals surface area contributed by atoms with Crippen LogP contribution in [0.3, 0.4) is 0 Å². The van der Waals surface area contributed by atoms with Crippen molar-refractivity contribution in [1.82, 2.24) is 5.32 Å². The molecule has 0 aliphatic rings. The van der Waals surface area contributed by atoms with Gasteiger partial charge in [-0.1, -0.05) is 30.3 Å². The lowest BCUT2D eigenvalue weighted by Gasteiger charge is -2.17. The van der Waals surface area contributed by atoms with Gasteiger partial charge in [0, 0.05) is 7.11 Å². The molecule has 8 nitrogen and oxygen atoms in total. The largest absolute Gasteiger partial charge is 0.478 e. The summed E-state index contributed by atoms with van der Waals surface area (Å²) < 4.78 is 36.3. The molecule has 9 heteroatoms. The number of aliphatic carboxylic acids is 1. The lowest BCUT2D eigenvalue weighted by atomic mass is 10.1. The number of carbonyl (C=O) groups excluding carboxylic acids is 1. The fourth-order valence-corrected chi connectivity index (χ4v) is 2.35. The fourth-order valence-electron chi connectivity index (χ4n) is 1.51. The summed E-state index contributed by atoms with van der Waals surface area (Å²) in [6.07, 6.45) is -1.71. The predicted molar refractivity (Wildman–Crippen MR) is 67.3 cm³/mol. The molecular formula is C11H13NO7S. The molecule has 0 radical (unpaired) electrons. The van der Waals surface area contributed by atoms with Gasteiger partial charge in [0.15, 0.2) is 5.25 Å². The van der Waals surface area contributed by atoms with Gasteiger partial charge in [0.05, 0.1) is 0 Å². The van der Waals surface area contributed by atoms with Crippen molar-refractivity contribution in [2.45, 2.75) is 11.5 Å². The highest BCUT2D eigenvalue weighted by Gasteiger charge is 2.35. The summed E-state index contributed by atoms with van der Waals surface area (Å²) in [5, 5.41) is 8.67. The van der Waals surface area contributed by atoms with Crippen LogP contribution in [0.25, 0.3) is 0 Å². The number of carbonyl (C=O) groups is 2. The third-order valence-corrected chi connectivity index (χ3v) is 3.45. The zero-order valence-electron chi connectivity index (χ0n) is 10.4. The molecule has 110 valence electrons. The standard InChI is InChI=1S/C11H13NO7S/c1-19-10(11(14)15)12-9(13)8(20(16,17)18)7-5-3-2-4-6-7/h2-6,8,10H,1H3,(H,12,13)(H,14,15)(H,16,17,18). The highest BCUT2D eigenvalue weighted by atomic mass is 32.2. The Bertz CT molecular complexity index is 584. The second kappa shape index (κ2) is 6.46. The van der Waals surface area contributed by atoms with Gasteiger partial charge in [-0.15, -0.1) is 0 Å². The fraction of sp³-hybridized carbons (Fsp3) is 0.273. The van der Waals surface area contributed by atoms with E-state index in [0.717, 1.165) is 7.11 Å². The molecule has 0 spiro atoms. The van der Waals surface area contributed by atoms with Gasteiger partial charge in [0.2, 0.25) is 12.1 Å². The van der Waals surface area contributed by atoms with Crippen molar-refractivity contribution >= 4 is 22.0 Å². The molecule has 20 heavy (non-hydrogen) atoms. The van der Waals surface area contributed by atoms with Crippen molar-refractivity contribution in [2.75, 3.05) is 7.11 Å². The molecule has 0 saturated heterocycles. The zero-order chi connectivity index (χ0) is 15.3. The Kier molecular flexibility index (Phi) is 5.19. The second-order valence-electron chi connectivity index (χ2n) is 3.77. The van der Waals surface area contributed by atoms with Crippen molar-refractivity contribution in [2.24, 2.45) is 0 Å². The summed E-state index contributed by atoms with van der Waals surface area (Å²) in [6.45, 7) is 0. The average molecular weight is 303 g/mol. The summed E-state index contributed by atoms with van der Waals surface area (Å²) >= 11 is 0. The maximum Gasteiger partial charge on any atom is 0.354 e. The molecule has 0 saturated carbocycles. The van der Waals surface area contributed by atoms with E-state index in [9.17, 15) is 18.0 Å². The van der Waals surface area contributed by atoms with E-state index in [0.29, 0.717) is 0 Å². The van der Waals surface area contributed by atoms with Gasteiger partial charge in [-0.05, 0) is 5.56 Å². The Morgan fingerprint density at radius 1 is 1.25 bits per heavy atom. The Balaban J connectivity index is 3.08. The molecule has 0 heterocycles. The van der Waals surface area contributed by atoms with Crippen molar-refractivity contribution in [3.05, 3.63) is 35.9 Å². The Hall–Kier alpha value is -1.97. The predicted octanol–water partition coefficient (Wildman–Crippen LogP) is -0.211. The van der Waals surface area contributed by atoms with E-state index in [-0.39, 0.29) is 5.56 Å². The van der Waals surface area contributed by atoms with Crippen LogP contribution in [0.15, 0.2) is 30.3 Å².